The van der Waals surface area contributed by atoms with E-state index in [2.05, 4.69) is 20.8 Å². The second-order valence-corrected chi connectivity index (χ2v) is 9.65. The second kappa shape index (κ2) is 6.11. The van der Waals surface area contributed by atoms with Crippen LogP contribution in [0.3, 0.4) is 0 Å². The number of rotatable bonds is 3. The zero-order valence-corrected chi connectivity index (χ0v) is 15.0. The Kier molecular flexibility index (Phi) is 4.30. The van der Waals surface area contributed by atoms with E-state index >= 15 is 0 Å². The van der Waals surface area contributed by atoms with Crippen molar-refractivity contribution in [2.75, 3.05) is 0 Å². The molecule has 0 amide bonds. The van der Waals surface area contributed by atoms with Gasteiger partial charge in [-0.3, -0.25) is 0 Å². The molecule has 8 unspecified atom stereocenters. The summed E-state index contributed by atoms with van der Waals surface area (Å²) in [5.74, 6) is 6.95. The van der Waals surface area contributed by atoms with Crippen LogP contribution in [-0.4, -0.2) is 12.2 Å². The maximum Gasteiger partial charge on any atom is 0.0872 e. The Labute approximate surface area is 137 Å². The molecule has 1 heteroatoms. The van der Waals surface area contributed by atoms with Crippen LogP contribution in [0, 0.1) is 41.4 Å². The van der Waals surface area contributed by atoms with E-state index in [1.54, 1.807) is 6.42 Å². The molecule has 4 aliphatic rings. The van der Waals surface area contributed by atoms with E-state index in [4.69, 9.17) is 4.74 Å². The van der Waals surface area contributed by atoms with Gasteiger partial charge in [-0.15, -0.1) is 0 Å². The minimum absolute atomic E-state index is 0.685. The van der Waals surface area contributed by atoms with E-state index in [-0.39, 0.29) is 0 Å². The molecule has 0 spiro atoms. The van der Waals surface area contributed by atoms with E-state index in [0.29, 0.717) is 12.2 Å². The largest absolute Gasteiger partial charge is 0.369 e. The normalized spacial score (nSPS) is 51.3. The third-order valence-electron chi connectivity index (χ3n) is 7.78. The minimum atomic E-state index is 0.685. The lowest BCUT2D eigenvalue weighted by Crippen LogP contribution is -2.37. The Morgan fingerprint density at radius 1 is 0.864 bits per heavy atom. The molecule has 1 saturated heterocycles. The Hall–Kier alpha value is -0.0400. The number of epoxide rings is 1. The van der Waals surface area contributed by atoms with Crippen LogP contribution in [0.2, 0.25) is 0 Å². The predicted octanol–water partition coefficient (Wildman–Crippen LogP) is 5.68. The minimum Gasteiger partial charge on any atom is -0.369 e. The monoisotopic (exact) mass is 304 g/mol. The first-order valence-electron chi connectivity index (χ1n) is 10.3. The molecule has 0 radical (unpaired) electrons. The molecule has 4 rings (SSSR count). The van der Waals surface area contributed by atoms with E-state index in [1.807, 2.05) is 0 Å². The fourth-order valence-corrected chi connectivity index (χ4v) is 6.54. The molecular weight excluding hydrogens is 268 g/mol. The summed E-state index contributed by atoms with van der Waals surface area (Å²) in [7, 11) is 0. The molecule has 0 bridgehead atoms. The Bertz CT molecular complexity index is 389. The van der Waals surface area contributed by atoms with Crippen LogP contribution >= 0.6 is 0 Å². The van der Waals surface area contributed by atoms with Crippen molar-refractivity contribution in [2.45, 2.75) is 90.8 Å². The highest BCUT2D eigenvalue weighted by atomic mass is 16.6. The smallest absolute Gasteiger partial charge is 0.0872 e. The lowest BCUT2D eigenvalue weighted by atomic mass is 9.61. The molecular formula is C21H36O. The topological polar surface area (TPSA) is 12.5 Å². The molecule has 1 aliphatic heterocycles. The average molecular weight is 305 g/mol. The quantitative estimate of drug-likeness (QED) is 0.611. The van der Waals surface area contributed by atoms with Crippen LogP contribution in [0.1, 0.15) is 78.6 Å². The molecule has 0 aromatic rings. The maximum atomic E-state index is 5.90. The number of fused-ring (bicyclic) bond motifs is 3. The van der Waals surface area contributed by atoms with Crippen molar-refractivity contribution in [3.05, 3.63) is 0 Å². The molecule has 3 saturated carbocycles. The van der Waals surface area contributed by atoms with Gasteiger partial charge in [0.05, 0.1) is 12.2 Å². The Morgan fingerprint density at radius 3 is 2.36 bits per heavy atom. The number of hydrogen-bond donors (Lipinski definition) is 0. The first-order valence-corrected chi connectivity index (χ1v) is 10.3. The molecule has 4 fully saturated rings. The summed E-state index contributed by atoms with van der Waals surface area (Å²) >= 11 is 0. The predicted molar refractivity (Wildman–Crippen MR) is 91.7 cm³/mol. The summed E-state index contributed by atoms with van der Waals surface area (Å²) in [6.07, 6.45) is 14.8. The maximum absolute atomic E-state index is 5.90. The van der Waals surface area contributed by atoms with Crippen LogP contribution in [0.15, 0.2) is 0 Å². The van der Waals surface area contributed by atoms with Gasteiger partial charge >= 0.3 is 0 Å². The Morgan fingerprint density at radius 2 is 1.59 bits per heavy atom. The molecule has 1 heterocycles. The van der Waals surface area contributed by atoms with Gasteiger partial charge in [0.2, 0.25) is 0 Å². The van der Waals surface area contributed by atoms with Crippen molar-refractivity contribution in [1.82, 2.24) is 0 Å². The molecule has 1 nitrogen and oxygen atoms in total. The fourth-order valence-electron chi connectivity index (χ4n) is 6.54. The van der Waals surface area contributed by atoms with Gasteiger partial charge in [0.25, 0.3) is 0 Å². The van der Waals surface area contributed by atoms with Gasteiger partial charge in [0, 0.05) is 0 Å². The zero-order valence-electron chi connectivity index (χ0n) is 15.0. The van der Waals surface area contributed by atoms with Crippen LogP contribution in [0.5, 0.6) is 0 Å². The summed E-state index contributed by atoms with van der Waals surface area (Å²) < 4.78 is 5.90. The van der Waals surface area contributed by atoms with Gasteiger partial charge < -0.3 is 4.74 Å². The molecule has 0 aromatic carbocycles. The van der Waals surface area contributed by atoms with Crippen LogP contribution in [0.25, 0.3) is 0 Å². The average Bonchev–Trinajstić information content (AvgIpc) is 3.28. The first kappa shape index (κ1) is 15.5. The third kappa shape index (κ3) is 2.99. The van der Waals surface area contributed by atoms with Crippen LogP contribution in [0.4, 0.5) is 0 Å². The first-order chi connectivity index (χ1) is 10.6. The molecule has 3 aliphatic carbocycles. The highest BCUT2D eigenvalue weighted by Crippen LogP contribution is 2.53. The van der Waals surface area contributed by atoms with E-state index < -0.39 is 0 Å². The summed E-state index contributed by atoms with van der Waals surface area (Å²) in [4.78, 5) is 0. The molecule has 0 N–H and O–H groups in total. The molecule has 0 aromatic heterocycles. The lowest BCUT2D eigenvalue weighted by molar-refractivity contribution is 0.0616. The number of hydrogen-bond acceptors (Lipinski definition) is 1. The fraction of sp³-hybridized carbons (Fsp3) is 1.00. The summed E-state index contributed by atoms with van der Waals surface area (Å²) in [5, 5.41) is 0. The van der Waals surface area contributed by atoms with E-state index in [9.17, 15) is 0 Å². The summed E-state index contributed by atoms with van der Waals surface area (Å²) in [6, 6.07) is 0. The summed E-state index contributed by atoms with van der Waals surface area (Å²) in [6.45, 7) is 7.35. The summed E-state index contributed by atoms with van der Waals surface area (Å²) in [5.41, 5.74) is 0. The van der Waals surface area contributed by atoms with Crippen LogP contribution in [-0.2, 0) is 4.74 Å². The van der Waals surface area contributed by atoms with Crippen molar-refractivity contribution in [2.24, 2.45) is 41.4 Å². The van der Waals surface area contributed by atoms with Gasteiger partial charge in [-0.25, -0.2) is 0 Å². The van der Waals surface area contributed by atoms with Gasteiger partial charge in [-0.2, -0.15) is 0 Å². The van der Waals surface area contributed by atoms with Gasteiger partial charge in [-0.05, 0) is 99.2 Å². The highest BCUT2D eigenvalue weighted by molar-refractivity contribution is 5.01. The highest BCUT2D eigenvalue weighted by Gasteiger charge is 2.53. The van der Waals surface area contributed by atoms with Gasteiger partial charge in [0.15, 0.2) is 0 Å². The molecule has 22 heavy (non-hydrogen) atoms. The van der Waals surface area contributed by atoms with Crippen molar-refractivity contribution in [3.8, 4) is 0 Å². The zero-order chi connectivity index (χ0) is 15.3. The lowest BCUT2D eigenvalue weighted by Gasteiger charge is -2.44. The SMILES string of the molecule is CC(C)CC1CCC(C2CCC3C(CCC4OC43)C2)CC1C. The molecule has 126 valence electrons. The molecule has 8 atom stereocenters. The second-order valence-electron chi connectivity index (χ2n) is 9.65. The van der Waals surface area contributed by atoms with Crippen molar-refractivity contribution in [3.63, 3.8) is 0 Å². The van der Waals surface area contributed by atoms with E-state index in [1.165, 1.54) is 51.4 Å². The van der Waals surface area contributed by atoms with Crippen molar-refractivity contribution >= 4 is 0 Å². The third-order valence-corrected chi connectivity index (χ3v) is 7.78. The van der Waals surface area contributed by atoms with Gasteiger partial charge in [-0.1, -0.05) is 20.8 Å². The van der Waals surface area contributed by atoms with E-state index in [0.717, 1.165) is 41.4 Å². The van der Waals surface area contributed by atoms with Crippen molar-refractivity contribution < 1.29 is 4.74 Å². The Balaban J connectivity index is 1.32. The number of ether oxygens (including phenoxy) is 1. The standard InChI is InChI=1S/C21H36O/c1-13(2)10-15-4-5-16(11-14(15)3)17-6-8-19-18(12-17)7-9-20-21(19)22-20/h13-21H,4-12H2,1-3H3. The van der Waals surface area contributed by atoms with Crippen LogP contribution < -0.4 is 0 Å². The van der Waals surface area contributed by atoms with Crippen molar-refractivity contribution in [1.29, 1.82) is 0 Å². The van der Waals surface area contributed by atoms with Gasteiger partial charge in [0.1, 0.15) is 0 Å².